The van der Waals surface area contributed by atoms with Gasteiger partial charge in [-0.2, -0.15) is 4.57 Å². The fraction of sp³-hybridized carbons (Fsp3) is 0. The van der Waals surface area contributed by atoms with Crippen molar-refractivity contribution in [2.45, 2.75) is 0 Å². The second-order valence-corrected chi connectivity index (χ2v) is 3.95. The van der Waals surface area contributed by atoms with Gasteiger partial charge in [0.2, 0.25) is 0 Å². The molecule has 0 bridgehead atoms. The Hall–Kier alpha value is -1.64. The molecule has 0 unspecified atom stereocenters. The zero-order valence-corrected chi connectivity index (χ0v) is 11.0. The van der Waals surface area contributed by atoms with Crippen LogP contribution in [-0.4, -0.2) is 5.78 Å². The second-order valence-electron chi connectivity index (χ2n) is 3.51. The maximum absolute atomic E-state index is 11.8. The average molecular weight is 280 g/mol. The van der Waals surface area contributed by atoms with Crippen molar-refractivity contribution >= 4 is 23.6 Å². The van der Waals surface area contributed by atoms with Crippen LogP contribution in [0.3, 0.4) is 0 Å². The third-order valence-electron chi connectivity index (χ3n) is 2.27. The predicted molar refractivity (Wildman–Crippen MR) is 67.7 cm³/mol. The predicted octanol–water partition coefficient (Wildman–Crippen LogP) is -0.0149. The Morgan fingerprint density at radius 2 is 1.67 bits per heavy atom. The molecule has 2 aromatic rings. The van der Waals surface area contributed by atoms with Crippen molar-refractivity contribution < 1.29 is 21.8 Å². The molecule has 0 aliphatic rings. The summed E-state index contributed by atoms with van der Waals surface area (Å²) in [6.07, 6.45) is 6.98. The van der Waals surface area contributed by atoms with Gasteiger partial charge in [-0.25, -0.2) is 0 Å². The molecular weight excluding hydrogens is 269 g/mol. The molecule has 0 saturated heterocycles. The number of nitrogens with zero attached hydrogens (tertiary/aromatic N) is 1. The van der Waals surface area contributed by atoms with Gasteiger partial charge in [0.15, 0.2) is 24.4 Å². The zero-order chi connectivity index (χ0) is 12.1. The largest absolute Gasteiger partial charge is 1.00 e. The van der Waals surface area contributed by atoms with Crippen LogP contribution in [0.2, 0.25) is 5.02 Å². The first kappa shape index (κ1) is 14.4. The van der Waals surface area contributed by atoms with Crippen LogP contribution in [0.1, 0.15) is 10.4 Å². The summed E-state index contributed by atoms with van der Waals surface area (Å²) in [5.74, 6) is -0.0435. The second kappa shape index (κ2) is 6.94. The van der Waals surface area contributed by atoms with Crippen molar-refractivity contribution in [2.75, 3.05) is 0 Å². The first-order valence-electron chi connectivity index (χ1n) is 5.19. The summed E-state index contributed by atoms with van der Waals surface area (Å²) in [5, 5.41) is 0.628. The minimum absolute atomic E-state index is 0. The fourth-order valence-electron chi connectivity index (χ4n) is 1.38. The lowest BCUT2D eigenvalue weighted by molar-refractivity contribution is -0.568. The van der Waals surface area contributed by atoms with Gasteiger partial charge in [0.25, 0.3) is 0 Å². The Bertz CT molecular complexity index is 535. The Balaban J connectivity index is 0.00000162. The lowest BCUT2D eigenvalue weighted by Gasteiger charge is -1.94. The zero-order valence-electron chi connectivity index (χ0n) is 9.46. The molecule has 18 heavy (non-hydrogen) atoms. The molecule has 1 aromatic heterocycles. The highest BCUT2D eigenvalue weighted by Crippen LogP contribution is 2.10. The first-order chi connectivity index (χ1) is 8.25. The Kier molecular flexibility index (Phi) is 5.56. The molecule has 92 valence electrons. The number of halogens is 2. The van der Waals surface area contributed by atoms with Crippen molar-refractivity contribution in [3.05, 3.63) is 71.5 Å². The number of rotatable bonds is 3. The van der Waals surface area contributed by atoms with Gasteiger partial charge in [0.05, 0.1) is 6.08 Å². The summed E-state index contributed by atoms with van der Waals surface area (Å²) in [4.78, 5) is 11.8. The smallest absolute Gasteiger partial charge is 0.191 e. The molecule has 0 amide bonds. The minimum Gasteiger partial charge on any atom is -1.00 e. The number of benzene rings is 1. The van der Waals surface area contributed by atoms with E-state index in [9.17, 15) is 4.79 Å². The molecule has 0 spiro atoms. The lowest BCUT2D eigenvalue weighted by atomic mass is 10.1. The molecule has 1 heterocycles. The van der Waals surface area contributed by atoms with Gasteiger partial charge < -0.3 is 12.4 Å². The monoisotopic (exact) mass is 279 g/mol. The number of ketones is 1. The van der Waals surface area contributed by atoms with Crippen LogP contribution >= 0.6 is 11.6 Å². The van der Waals surface area contributed by atoms with Crippen molar-refractivity contribution in [3.63, 3.8) is 0 Å². The lowest BCUT2D eigenvalue weighted by Crippen LogP contribution is -3.00. The Morgan fingerprint density at radius 1 is 1.06 bits per heavy atom. The first-order valence-corrected chi connectivity index (χ1v) is 5.57. The van der Waals surface area contributed by atoms with E-state index in [0.29, 0.717) is 10.6 Å². The van der Waals surface area contributed by atoms with Gasteiger partial charge >= 0.3 is 0 Å². The molecule has 0 aliphatic carbocycles. The Morgan fingerprint density at radius 3 is 2.28 bits per heavy atom. The molecule has 2 nitrogen and oxygen atoms in total. The number of hydrogen-bond acceptors (Lipinski definition) is 1. The van der Waals surface area contributed by atoms with E-state index >= 15 is 0 Å². The van der Waals surface area contributed by atoms with Crippen LogP contribution in [0.4, 0.5) is 0 Å². The molecule has 0 saturated carbocycles. The van der Waals surface area contributed by atoms with Crippen LogP contribution < -0.4 is 17.0 Å². The van der Waals surface area contributed by atoms with Gasteiger partial charge in [-0.3, -0.25) is 4.79 Å². The molecule has 0 fully saturated rings. The normalized spacial score (nSPS) is 10.1. The van der Waals surface area contributed by atoms with E-state index < -0.39 is 0 Å². The maximum Gasteiger partial charge on any atom is 0.191 e. The van der Waals surface area contributed by atoms with Gasteiger partial charge in [0, 0.05) is 22.7 Å². The van der Waals surface area contributed by atoms with Crippen LogP contribution in [0.25, 0.3) is 6.20 Å². The number of aromatic nitrogens is 1. The molecule has 0 aliphatic heterocycles. The minimum atomic E-state index is -0.0435. The highest BCUT2D eigenvalue weighted by molar-refractivity contribution is 6.30. The SMILES string of the molecule is O=C(C=C[n+]1ccccc1)c1ccc(Cl)cc1.[Cl-]. The fourth-order valence-corrected chi connectivity index (χ4v) is 1.50. The summed E-state index contributed by atoms with van der Waals surface area (Å²) in [7, 11) is 0. The summed E-state index contributed by atoms with van der Waals surface area (Å²) in [5.41, 5.74) is 0.627. The van der Waals surface area contributed by atoms with Gasteiger partial charge in [-0.15, -0.1) is 0 Å². The number of carbonyl (C=O) groups is 1. The van der Waals surface area contributed by atoms with E-state index in [-0.39, 0.29) is 18.2 Å². The van der Waals surface area contributed by atoms with Crippen LogP contribution in [0.15, 0.2) is 60.9 Å². The molecule has 4 heteroatoms. The van der Waals surface area contributed by atoms with Crippen LogP contribution in [0.5, 0.6) is 0 Å². The maximum atomic E-state index is 11.8. The quantitative estimate of drug-likeness (QED) is 0.440. The highest BCUT2D eigenvalue weighted by Gasteiger charge is 2.02. The molecule has 0 N–H and O–H groups in total. The van der Waals surface area contributed by atoms with Gasteiger partial charge in [-0.1, -0.05) is 17.7 Å². The van der Waals surface area contributed by atoms with E-state index in [4.69, 9.17) is 11.6 Å². The highest BCUT2D eigenvalue weighted by atomic mass is 35.5. The van der Waals surface area contributed by atoms with E-state index in [1.54, 1.807) is 30.5 Å². The van der Waals surface area contributed by atoms with Gasteiger partial charge in [0.1, 0.15) is 0 Å². The molecular formula is C14H11Cl2NO. The summed E-state index contributed by atoms with van der Waals surface area (Å²) < 4.78 is 1.81. The van der Waals surface area contributed by atoms with E-state index in [0.717, 1.165) is 0 Å². The third-order valence-corrected chi connectivity index (χ3v) is 2.52. The standard InChI is InChI=1S/C14H11ClNO.ClH/c15-13-6-4-12(5-7-13)14(17)8-11-16-9-2-1-3-10-16;/h1-11H;1H/q+1;/p-1. The molecule has 1 aromatic carbocycles. The molecule has 0 radical (unpaired) electrons. The van der Waals surface area contributed by atoms with E-state index in [2.05, 4.69) is 0 Å². The number of carbonyl (C=O) groups excluding carboxylic acids is 1. The van der Waals surface area contributed by atoms with Crippen LogP contribution in [0, 0.1) is 0 Å². The van der Waals surface area contributed by atoms with Gasteiger partial charge in [-0.05, 0) is 24.3 Å². The molecule has 0 atom stereocenters. The number of hydrogen-bond donors (Lipinski definition) is 0. The Labute approximate surface area is 117 Å². The molecule has 2 rings (SSSR count). The van der Waals surface area contributed by atoms with Crippen LogP contribution in [-0.2, 0) is 0 Å². The summed E-state index contributed by atoms with van der Waals surface area (Å²) in [6.45, 7) is 0. The van der Waals surface area contributed by atoms with Crippen molar-refractivity contribution in [3.8, 4) is 0 Å². The average Bonchev–Trinajstić information content (AvgIpc) is 2.38. The summed E-state index contributed by atoms with van der Waals surface area (Å²) >= 11 is 5.76. The van der Waals surface area contributed by atoms with E-state index in [1.807, 2.05) is 35.2 Å². The third kappa shape index (κ3) is 3.99. The van der Waals surface area contributed by atoms with Crippen molar-refractivity contribution in [1.29, 1.82) is 0 Å². The summed E-state index contributed by atoms with van der Waals surface area (Å²) in [6, 6.07) is 12.6. The van der Waals surface area contributed by atoms with E-state index in [1.165, 1.54) is 6.08 Å². The number of pyridine rings is 1. The number of allylic oxidation sites excluding steroid dienone is 1. The topological polar surface area (TPSA) is 20.9 Å². The van der Waals surface area contributed by atoms with Crippen molar-refractivity contribution in [2.24, 2.45) is 0 Å². The van der Waals surface area contributed by atoms with Crippen molar-refractivity contribution in [1.82, 2.24) is 0 Å².